The second-order valence-electron chi connectivity index (χ2n) is 8.01. The van der Waals surface area contributed by atoms with Crippen LogP contribution in [0.3, 0.4) is 0 Å². The molecule has 0 N–H and O–H groups in total. The Bertz CT molecular complexity index is 1250. The van der Waals surface area contributed by atoms with Crippen molar-refractivity contribution in [3.63, 3.8) is 0 Å². The van der Waals surface area contributed by atoms with E-state index in [4.69, 9.17) is 4.74 Å². The first-order valence-electron chi connectivity index (χ1n) is 11.0. The van der Waals surface area contributed by atoms with Crippen molar-refractivity contribution in [2.75, 3.05) is 43.1 Å². The van der Waals surface area contributed by atoms with Crippen LogP contribution < -0.4 is 14.5 Å². The number of hydrogen-bond acceptors (Lipinski definition) is 6. The van der Waals surface area contributed by atoms with Gasteiger partial charge < -0.3 is 14.5 Å². The van der Waals surface area contributed by atoms with Crippen molar-refractivity contribution in [1.29, 1.82) is 0 Å². The number of halogens is 1. The first-order chi connectivity index (χ1) is 16.6. The van der Waals surface area contributed by atoms with E-state index in [1.807, 2.05) is 23.1 Å². The third-order valence-electron chi connectivity index (χ3n) is 6.10. The number of aromatic nitrogens is 1. The Kier molecular flexibility index (Phi) is 5.71. The molecule has 2 aromatic carbocycles. The van der Waals surface area contributed by atoms with Crippen molar-refractivity contribution in [2.45, 2.75) is 0 Å². The van der Waals surface area contributed by atoms with Crippen LogP contribution in [0, 0.1) is 5.82 Å². The van der Waals surface area contributed by atoms with E-state index in [0.29, 0.717) is 43.2 Å². The molecule has 0 aliphatic carbocycles. The summed E-state index contributed by atoms with van der Waals surface area (Å²) in [6, 6.07) is 18.5. The van der Waals surface area contributed by atoms with Crippen LogP contribution in [0.15, 0.2) is 78.6 Å². The summed E-state index contributed by atoms with van der Waals surface area (Å²) in [7, 11) is 1.56. The fraction of sp³-hybridized carbons (Fsp3) is 0.192. The molecule has 1 saturated heterocycles. The molecule has 0 spiro atoms. The number of pyridine rings is 1. The molecule has 172 valence electrons. The lowest BCUT2D eigenvalue weighted by Gasteiger charge is -2.37. The van der Waals surface area contributed by atoms with Crippen LogP contribution in [0.2, 0.25) is 0 Å². The van der Waals surface area contributed by atoms with E-state index in [9.17, 15) is 14.0 Å². The van der Waals surface area contributed by atoms with Gasteiger partial charge in [-0.15, -0.1) is 0 Å². The summed E-state index contributed by atoms with van der Waals surface area (Å²) in [6.45, 7) is 2.32. The predicted octanol–water partition coefficient (Wildman–Crippen LogP) is 3.34. The topological polar surface area (TPSA) is 66.0 Å². The molecule has 8 heteroatoms. The molecule has 3 heterocycles. The number of nitrogens with zero attached hydrogens (tertiary/aromatic N) is 4. The maximum Gasteiger partial charge on any atom is 0.282 e. The van der Waals surface area contributed by atoms with Gasteiger partial charge in [-0.3, -0.25) is 9.59 Å². The SMILES string of the molecule is COc1ccc(C2=C(N3CCN(c4ccccn4)CC3)C(=O)N(c3ccccc3F)C2=O)cc1. The number of imide groups is 1. The maximum atomic E-state index is 14.6. The van der Waals surface area contributed by atoms with Gasteiger partial charge in [0.05, 0.1) is 18.4 Å². The van der Waals surface area contributed by atoms with Crippen molar-refractivity contribution in [3.8, 4) is 5.75 Å². The summed E-state index contributed by atoms with van der Waals surface area (Å²) in [5.41, 5.74) is 1.09. The molecule has 0 saturated carbocycles. The van der Waals surface area contributed by atoms with Crippen molar-refractivity contribution in [2.24, 2.45) is 0 Å². The van der Waals surface area contributed by atoms with Crippen LogP contribution in [0.1, 0.15) is 5.56 Å². The zero-order chi connectivity index (χ0) is 23.7. The van der Waals surface area contributed by atoms with Gasteiger partial charge in [0.15, 0.2) is 0 Å². The summed E-state index contributed by atoms with van der Waals surface area (Å²) in [6.07, 6.45) is 1.75. The number of anilines is 2. The molecule has 0 atom stereocenters. The van der Waals surface area contributed by atoms with Gasteiger partial charge in [0.1, 0.15) is 23.1 Å². The lowest BCUT2D eigenvalue weighted by Crippen LogP contribution is -2.48. The fourth-order valence-electron chi connectivity index (χ4n) is 4.38. The van der Waals surface area contributed by atoms with Crippen LogP contribution in [0.25, 0.3) is 5.57 Å². The number of para-hydroxylation sites is 1. The summed E-state index contributed by atoms with van der Waals surface area (Å²) in [5, 5.41) is 0. The minimum Gasteiger partial charge on any atom is -0.497 e. The normalized spacial score (nSPS) is 16.5. The second kappa shape index (κ2) is 8.97. The molecular formula is C26H23FN4O3. The molecule has 2 amide bonds. The zero-order valence-electron chi connectivity index (χ0n) is 18.6. The highest BCUT2D eigenvalue weighted by Crippen LogP contribution is 2.36. The molecule has 0 bridgehead atoms. The number of rotatable bonds is 5. The molecule has 34 heavy (non-hydrogen) atoms. The van der Waals surface area contributed by atoms with Crippen LogP contribution >= 0.6 is 0 Å². The quantitative estimate of drug-likeness (QED) is 0.547. The van der Waals surface area contributed by atoms with Crippen LogP contribution in [-0.4, -0.2) is 55.0 Å². The van der Waals surface area contributed by atoms with Gasteiger partial charge in [-0.1, -0.05) is 30.3 Å². The monoisotopic (exact) mass is 458 g/mol. The fourth-order valence-corrected chi connectivity index (χ4v) is 4.38. The molecule has 1 fully saturated rings. The highest BCUT2D eigenvalue weighted by atomic mass is 19.1. The first kappa shape index (κ1) is 21.6. The number of hydrogen-bond donors (Lipinski definition) is 0. The van der Waals surface area contributed by atoms with Gasteiger partial charge in [0.25, 0.3) is 11.8 Å². The third-order valence-corrected chi connectivity index (χ3v) is 6.10. The summed E-state index contributed by atoms with van der Waals surface area (Å²) >= 11 is 0. The number of carbonyl (C=O) groups is 2. The maximum absolute atomic E-state index is 14.6. The van der Waals surface area contributed by atoms with Gasteiger partial charge in [0.2, 0.25) is 0 Å². The van der Waals surface area contributed by atoms with E-state index < -0.39 is 17.6 Å². The van der Waals surface area contributed by atoms with Crippen molar-refractivity contribution in [1.82, 2.24) is 9.88 Å². The minimum atomic E-state index is -0.625. The van der Waals surface area contributed by atoms with Gasteiger partial charge in [-0.2, -0.15) is 0 Å². The van der Waals surface area contributed by atoms with E-state index in [1.54, 1.807) is 43.6 Å². The molecule has 7 nitrogen and oxygen atoms in total. The van der Waals surface area contributed by atoms with Crippen molar-refractivity contribution >= 4 is 28.9 Å². The van der Waals surface area contributed by atoms with Crippen LogP contribution in [0.4, 0.5) is 15.9 Å². The van der Waals surface area contributed by atoms with Crippen molar-refractivity contribution in [3.05, 3.63) is 90.0 Å². The largest absolute Gasteiger partial charge is 0.497 e. The number of benzene rings is 2. The number of carbonyl (C=O) groups excluding carboxylic acids is 2. The smallest absolute Gasteiger partial charge is 0.282 e. The second-order valence-corrected chi connectivity index (χ2v) is 8.01. The number of methoxy groups -OCH3 is 1. The Morgan fingerprint density at radius 1 is 0.824 bits per heavy atom. The van der Waals surface area contributed by atoms with Crippen LogP contribution in [0.5, 0.6) is 5.75 Å². The molecule has 2 aliphatic heterocycles. The summed E-state index contributed by atoms with van der Waals surface area (Å²) in [4.78, 5) is 36.6. The predicted molar refractivity (Wildman–Crippen MR) is 127 cm³/mol. The summed E-state index contributed by atoms with van der Waals surface area (Å²) in [5.74, 6) is -0.181. The van der Waals surface area contributed by atoms with Crippen LogP contribution in [-0.2, 0) is 9.59 Å². The van der Waals surface area contributed by atoms with E-state index in [0.717, 1.165) is 10.7 Å². The van der Waals surface area contributed by atoms with Gasteiger partial charge >= 0.3 is 0 Å². The summed E-state index contributed by atoms with van der Waals surface area (Å²) < 4.78 is 19.8. The van der Waals surface area contributed by atoms with Gasteiger partial charge in [0, 0.05) is 32.4 Å². The lowest BCUT2D eigenvalue weighted by molar-refractivity contribution is -0.120. The lowest BCUT2D eigenvalue weighted by atomic mass is 10.0. The Hall–Kier alpha value is -4.20. The molecule has 0 radical (unpaired) electrons. The molecule has 1 aromatic heterocycles. The van der Waals surface area contributed by atoms with E-state index >= 15 is 0 Å². The van der Waals surface area contributed by atoms with Gasteiger partial charge in [-0.25, -0.2) is 14.3 Å². The molecular weight excluding hydrogens is 435 g/mol. The Morgan fingerprint density at radius 3 is 2.15 bits per heavy atom. The Balaban J connectivity index is 1.51. The van der Waals surface area contributed by atoms with Gasteiger partial charge in [-0.05, 0) is 42.0 Å². The van der Waals surface area contributed by atoms with E-state index in [1.165, 1.54) is 18.2 Å². The Morgan fingerprint density at radius 2 is 1.50 bits per heavy atom. The highest BCUT2D eigenvalue weighted by Gasteiger charge is 2.43. The molecule has 0 unspecified atom stereocenters. The Labute approximate surface area is 196 Å². The highest BCUT2D eigenvalue weighted by molar-refractivity contribution is 6.45. The zero-order valence-corrected chi connectivity index (χ0v) is 18.6. The first-order valence-corrected chi connectivity index (χ1v) is 11.0. The third kappa shape index (κ3) is 3.77. The average Bonchev–Trinajstić information content (AvgIpc) is 3.14. The standard InChI is InChI=1S/C26H23FN4O3/c1-34-19-11-9-18(10-12-19)23-24(26(33)31(25(23)32)21-7-3-2-6-20(21)27)30-16-14-29(15-17-30)22-8-4-5-13-28-22/h2-13H,14-17H2,1H3. The number of ether oxygens (including phenoxy) is 1. The minimum absolute atomic E-state index is 0.0503. The van der Waals surface area contributed by atoms with E-state index in [-0.39, 0.29) is 11.3 Å². The molecule has 2 aliphatic rings. The number of piperazine rings is 1. The van der Waals surface area contributed by atoms with E-state index in [2.05, 4.69) is 9.88 Å². The van der Waals surface area contributed by atoms with Crippen molar-refractivity contribution < 1.29 is 18.7 Å². The average molecular weight is 458 g/mol. The molecule has 5 rings (SSSR count). The number of amides is 2. The molecule has 3 aromatic rings.